The molecule has 1 fully saturated rings. The van der Waals surface area contributed by atoms with Crippen LogP contribution in [0.25, 0.3) is 10.9 Å². The van der Waals surface area contributed by atoms with Gasteiger partial charge in [0.25, 0.3) is 15.9 Å². The molecule has 4 rings (SSSR count). The van der Waals surface area contributed by atoms with Gasteiger partial charge in [-0.15, -0.1) is 5.10 Å². The van der Waals surface area contributed by atoms with E-state index < -0.39 is 41.6 Å². The fraction of sp³-hybridized carbons (Fsp3) is 0.316. The minimum Gasteiger partial charge on any atom is -0.394 e. The van der Waals surface area contributed by atoms with Crippen LogP contribution in [-0.2, 0) is 10.0 Å². The molecule has 0 amide bonds. The topological polar surface area (TPSA) is 75.4 Å². The van der Waals surface area contributed by atoms with E-state index in [4.69, 9.17) is 11.6 Å². The zero-order valence-corrected chi connectivity index (χ0v) is 17.0. The van der Waals surface area contributed by atoms with E-state index in [0.717, 1.165) is 9.65 Å². The second kappa shape index (κ2) is 6.93. The molecule has 1 N–H and O–H groups in total. The fourth-order valence-corrected chi connectivity index (χ4v) is 5.12. The average molecular weight is 442 g/mol. The number of alkyl halides is 2. The van der Waals surface area contributed by atoms with Crippen molar-refractivity contribution >= 4 is 38.3 Å². The molecule has 2 heterocycles. The fourth-order valence-electron chi connectivity index (χ4n) is 3.59. The zero-order chi connectivity index (χ0) is 21.0. The lowest BCUT2D eigenvalue weighted by Gasteiger charge is -2.22. The van der Waals surface area contributed by atoms with E-state index in [0.29, 0.717) is 0 Å². The lowest BCUT2D eigenvalue weighted by Crippen LogP contribution is -2.33. The summed E-state index contributed by atoms with van der Waals surface area (Å²) in [6.07, 6.45) is -0.549. The Balaban J connectivity index is 1.94. The number of fused-ring (bicyclic) bond motifs is 1. The van der Waals surface area contributed by atoms with Gasteiger partial charge in [0.2, 0.25) is 0 Å². The van der Waals surface area contributed by atoms with E-state index in [9.17, 15) is 22.3 Å². The Labute approximate surface area is 171 Å². The summed E-state index contributed by atoms with van der Waals surface area (Å²) in [7, 11) is -4.09. The third kappa shape index (κ3) is 3.37. The molecule has 2 aromatic carbocycles. The van der Waals surface area contributed by atoms with Crippen LogP contribution in [-0.4, -0.2) is 47.8 Å². The molecule has 0 saturated carbocycles. The number of aromatic nitrogens is 2. The first-order chi connectivity index (χ1) is 13.6. The molecule has 0 unspecified atom stereocenters. The van der Waals surface area contributed by atoms with Crippen molar-refractivity contribution < 1.29 is 22.3 Å². The van der Waals surface area contributed by atoms with Crippen LogP contribution in [0.4, 0.5) is 14.6 Å². The molecule has 6 nitrogen and oxygen atoms in total. The van der Waals surface area contributed by atoms with Crippen molar-refractivity contribution in [3.8, 4) is 0 Å². The van der Waals surface area contributed by atoms with Crippen molar-refractivity contribution in [2.75, 3.05) is 18.1 Å². The number of hydrogen-bond acceptors (Lipinski definition) is 5. The summed E-state index contributed by atoms with van der Waals surface area (Å²) in [6.45, 7) is 0.638. The number of aliphatic hydroxyl groups is 1. The van der Waals surface area contributed by atoms with E-state index in [1.807, 2.05) is 6.92 Å². The van der Waals surface area contributed by atoms with E-state index in [-0.39, 0.29) is 26.6 Å². The van der Waals surface area contributed by atoms with E-state index in [1.165, 1.54) is 23.1 Å². The zero-order valence-electron chi connectivity index (χ0n) is 15.4. The molecule has 29 heavy (non-hydrogen) atoms. The molecule has 0 aliphatic carbocycles. The minimum absolute atomic E-state index is 0.0116. The minimum atomic E-state index is -4.09. The highest BCUT2D eigenvalue weighted by Crippen LogP contribution is 2.40. The predicted molar refractivity (Wildman–Crippen MR) is 106 cm³/mol. The number of anilines is 1. The smallest absolute Gasteiger partial charge is 0.283 e. The SMILES string of the molecule is Cc1ccc(S(=O)(=O)n2nc(N3CC(F)(F)C[C@@H]3CO)c3c(Cl)cccc32)cc1. The molecule has 10 heteroatoms. The summed E-state index contributed by atoms with van der Waals surface area (Å²) in [6, 6.07) is 9.98. The normalized spacial score (nSPS) is 19.2. The summed E-state index contributed by atoms with van der Waals surface area (Å²) < 4.78 is 55.3. The van der Waals surface area contributed by atoms with Crippen molar-refractivity contribution in [2.24, 2.45) is 0 Å². The first kappa shape index (κ1) is 20.1. The lowest BCUT2D eigenvalue weighted by molar-refractivity contribution is 0.0201. The van der Waals surface area contributed by atoms with Crippen molar-refractivity contribution in [2.45, 2.75) is 30.2 Å². The second-order valence-electron chi connectivity index (χ2n) is 7.14. The maximum atomic E-state index is 14.0. The highest BCUT2D eigenvalue weighted by atomic mass is 35.5. The Morgan fingerprint density at radius 2 is 1.93 bits per heavy atom. The Hall–Kier alpha value is -2.23. The van der Waals surface area contributed by atoms with Crippen LogP contribution in [0.1, 0.15) is 12.0 Å². The van der Waals surface area contributed by atoms with E-state index in [2.05, 4.69) is 5.10 Å². The van der Waals surface area contributed by atoms with Crippen molar-refractivity contribution in [3.05, 3.63) is 53.1 Å². The van der Waals surface area contributed by atoms with Crippen LogP contribution >= 0.6 is 11.6 Å². The molecular weight excluding hydrogens is 424 g/mol. The molecule has 0 spiro atoms. The molecule has 1 atom stereocenters. The van der Waals surface area contributed by atoms with E-state index >= 15 is 0 Å². The van der Waals surface area contributed by atoms with Gasteiger partial charge in [0.05, 0.1) is 40.0 Å². The monoisotopic (exact) mass is 441 g/mol. The van der Waals surface area contributed by atoms with E-state index in [1.54, 1.807) is 24.3 Å². The van der Waals surface area contributed by atoms with Gasteiger partial charge in [-0.05, 0) is 31.2 Å². The van der Waals surface area contributed by atoms with Gasteiger partial charge >= 0.3 is 0 Å². The van der Waals surface area contributed by atoms with Gasteiger partial charge in [-0.25, -0.2) is 8.78 Å². The number of halogens is 3. The van der Waals surface area contributed by atoms with Gasteiger partial charge in [0.1, 0.15) is 0 Å². The third-order valence-electron chi connectivity index (χ3n) is 5.01. The van der Waals surface area contributed by atoms with Crippen LogP contribution in [0.2, 0.25) is 5.02 Å². The number of rotatable bonds is 4. The number of aryl methyl sites for hydroxylation is 1. The standard InChI is InChI=1S/C19H18ClF2N3O3S/c1-12-5-7-14(8-6-12)29(27,28)25-16-4-2-3-15(20)17(16)18(23-25)24-11-19(21,22)9-13(24)10-26/h2-8,13,26H,9-11H2,1H3/t13-/m1/s1. The largest absolute Gasteiger partial charge is 0.394 e. The van der Waals surface area contributed by atoms with Crippen LogP contribution in [0.3, 0.4) is 0 Å². The second-order valence-corrected chi connectivity index (χ2v) is 9.32. The summed E-state index contributed by atoms with van der Waals surface area (Å²) in [5.41, 5.74) is 1.07. The summed E-state index contributed by atoms with van der Waals surface area (Å²) in [4.78, 5) is 1.25. The molecule has 0 radical (unpaired) electrons. The van der Waals surface area contributed by atoms with Gasteiger partial charge < -0.3 is 10.0 Å². The van der Waals surface area contributed by atoms with Gasteiger partial charge in [-0.2, -0.15) is 12.5 Å². The van der Waals surface area contributed by atoms with Gasteiger partial charge in [-0.1, -0.05) is 35.4 Å². The first-order valence-corrected chi connectivity index (χ1v) is 10.7. The van der Waals surface area contributed by atoms with Gasteiger partial charge in [0.15, 0.2) is 5.82 Å². The van der Waals surface area contributed by atoms with Crippen molar-refractivity contribution in [1.29, 1.82) is 0 Å². The molecule has 1 aliphatic heterocycles. The first-order valence-electron chi connectivity index (χ1n) is 8.89. The summed E-state index contributed by atoms with van der Waals surface area (Å²) in [5, 5.41) is 14.2. The van der Waals surface area contributed by atoms with Gasteiger partial charge in [0, 0.05) is 6.42 Å². The Kier molecular flexibility index (Phi) is 4.79. The molecule has 0 bridgehead atoms. The Morgan fingerprint density at radius 3 is 2.59 bits per heavy atom. The van der Waals surface area contributed by atoms with Crippen LogP contribution < -0.4 is 4.90 Å². The lowest BCUT2D eigenvalue weighted by atomic mass is 10.2. The Bertz CT molecular complexity index is 1180. The molecule has 3 aromatic rings. The maximum absolute atomic E-state index is 14.0. The maximum Gasteiger partial charge on any atom is 0.283 e. The van der Waals surface area contributed by atoms with Crippen molar-refractivity contribution in [3.63, 3.8) is 0 Å². The number of hydrogen-bond donors (Lipinski definition) is 1. The van der Waals surface area contributed by atoms with Crippen molar-refractivity contribution in [1.82, 2.24) is 9.19 Å². The van der Waals surface area contributed by atoms with Gasteiger partial charge in [-0.3, -0.25) is 0 Å². The summed E-state index contributed by atoms with van der Waals surface area (Å²) in [5.74, 6) is -3.02. The highest BCUT2D eigenvalue weighted by Gasteiger charge is 2.46. The average Bonchev–Trinajstić information content (AvgIpc) is 3.20. The molecule has 1 aliphatic rings. The molecule has 154 valence electrons. The molecule has 1 aromatic heterocycles. The summed E-state index contributed by atoms with van der Waals surface area (Å²) >= 11 is 6.31. The van der Waals surface area contributed by atoms with Crippen LogP contribution in [0.5, 0.6) is 0 Å². The highest BCUT2D eigenvalue weighted by molar-refractivity contribution is 7.90. The molecule has 1 saturated heterocycles. The quantitative estimate of drug-likeness (QED) is 0.671. The van der Waals surface area contributed by atoms with Crippen LogP contribution in [0, 0.1) is 6.92 Å². The third-order valence-corrected chi connectivity index (χ3v) is 6.93. The number of nitrogens with zero attached hydrogens (tertiary/aromatic N) is 3. The van der Waals surface area contributed by atoms with Crippen LogP contribution in [0.15, 0.2) is 47.4 Å². The Morgan fingerprint density at radius 1 is 1.24 bits per heavy atom. The predicted octanol–water partition coefficient (Wildman–Crippen LogP) is 3.44. The number of benzene rings is 2. The number of aliphatic hydroxyl groups excluding tert-OH is 1. The molecular formula is C19H18ClF2N3O3S.